The van der Waals surface area contributed by atoms with E-state index in [9.17, 15) is 14.4 Å². The molecule has 1 aromatic carbocycles. The fourth-order valence-corrected chi connectivity index (χ4v) is 2.42. The number of amides is 2. The van der Waals surface area contributed by atoms with Gasteiger partial charge in [0.05, 0.1) is 25.5 Å². The average molecular weight is 349 g/mol. The molecular weight excluding hydrogens is 334 g/mol. The number of carbonyl (C=O) groups is 3. The number of nitrogens with one attached hydrogen (secondary N) is 2. The number of hydrogen-bond acceptors (Lipinski definition) is 7. The Hall–Kier alpha value is -2.94. The topological polar surface area (TPSA) is 107 Å². The van der Waals surface area contributed by atoms with Gasteiger partial charge in [0.1, 0.15) is 4.88 Å². The summed E-state index contributed by atoms with van der Waals surface area (Å²) < 4.78 is 9.44. The number of anilines is 2. The molecule has 1 aromatic heterocycles. The second-order valence-electron chi connectivity index (χ2n) is 4.40. The van der Waals surface area contributed by atoms with E-state index in [4.69, 9.17) is 4.74 Å². The maximum Gasteiger partial charge on any atom is 0.349 e. The molecule has 2 N–H and O–H groups in total. The van der Waals surface area contributed by atoms with Crippen LogP contribution in [0, 0.1) is 0 Å². The van der Waals surface area contributed by atoms with Gasteiger partial charge in [-0.05, 0) is 31.2 Å². The minimum absolute atomic E-state index is 0.260. The van der Waals surface area contributed by atoms with Gasteiger partial charge in [-0.3, -0.25) is 5.32 Å². The molecule has 0 unspecified atom stereocenters. The van der Waals surface area contributed by atoms with E-state index in [1.807, 2.05) is 0 Å². The summed E-state index contributed by atoms with van der Waals surface area (Å²) in [5, 5.41) is 5.35. The minimum Gasteiger partial charge on any atom is -0.465 e. The summed E-state index contributed by atoms with van der Waals surface area (Å²) in [5.41, 5.74) is 0.885. The molecule has 9 heteroatoms. The van der Waals surface area contributed by atoms with E-state index in [2.05, 4.69) is 20.4 Å². The standard InChI is InChI=1S/C15H15N3O5S/c1-3-23-12(19)9-4-6-10(7-5-9)17-14(21)18-15-16-8-11(24-15)13(20)22-2/h4-8H,3H2,1-2H3,(H2,16,17,18,21). The van der Waals surface area contributed by atoms with E-state index in [0.717, 1.165) is 11.3 Å². The number of hydrogen-bond donors (Lipinski definition) is 2. The van der Waals surface area contributed by atoms with E-state index in [1.165, 1.54) is 13.3 Å². The van der Waals surface area contributed by atoms with E-state index < -0.39 is 18.0 Å². The van der Waals surface area contributed by atoms with Crippen molar-refractivity contribution in [1.82, 2.24) is 4.98 Å². The number of esters is 2. The van der Waals surface area contributed by atoms with Gasteiger partial charge in [0, 0.05) is 5.69 Å². The molecule has 0 aliphatic carbocycles. The summed E-state index contributed by atoms with van der Waals surface area (Å²) >= 11 is 0.997. The molecule has 126 valence electrons. The van der Waals surface area contributed by atoms with E-state index in [1.54, 1.807) is 31.2 Å². The highest BCUT2D eigenvalue weighted by Crippen LogP contribution is 2.19. The van der Waals surface area contributed by atoms with Crippen LogP contribution in [0.15, 0.2) is 30.5 Å². The molecule has 2 amide bonds. The van der Waals surface area contributed by atoms with E-state index >= 15 is 0 Å². The van der Waals surface area contributed by atoms with Crippen LogP contribution in [0.1, 0.15) is 27.0 Å². The molecule has 24 heavy (non-hydrogen) atoms. The second-order valence-corrected chi connectivity index (χ2v) is 5.43. The first kappa shape index (κ1) is 17.4. The van der Waals surface area contributed by atoms with Crippen LogP contribution in [0.25, 0.3) is 0 Å². The fraction of sp³-hybridized carbons (Fsp3) is 0.200. The molecule has 1 heterocycles. The molecule has 0 fully saturated rings. The van der Waals surface area contributed by atoms with E-state index in [0.29, 0.717) is 17.9 Å². The lowest BCUT2D eigenvalue weighted by Gasteiger charge is -2.06. The highest BCUT2D eigenvalue weighted by atomic mass is 32.1. The Labute approximate surface area is 141 Å². The lowest BCUT2D eigenvalue weighted by Crippen LogP contribution is -2.19. The summed E-state index contributed by atoms with van der Waals surface area (Å²) in [5.74, 6) is -0.942. The number of urea groups is 1. The molecule has 0 radical (unpaired) electrons. The molecule has 0 aliphatic rings. The Morgan fingerprint density at radius 1 is 1.12 bits per heavy atom. The first-order chi connectivity index (χ1) is 11.5. The van der Waals surface area contributed by atoms with Gasteiger partial charge >= 0.3 is 18.0 Å². The highest BCUT2D eigenvalue weighted by Gasteiger charge is 2.12. The average Bonchev–Trinajstić information content (AvgIpc) is 3.03. The van der Waals surface area contributed by atoms with Gasteiger partial charge in [-0.15, -0.1) is 0 Å². The third-order valence-corrected chi connectivity index (χ3v) is 3.66. The summed E-state index contributed by atoms with van der Waals surface area (Å²) in [4.78, 5) is 38.9. The van der Waals surface area contributed by atoms with Crippen LogP contribution < -0.4 is 10.6 Å². The zero-order valence-electron chi connectivity index (χ0n) is 13.0. The predicted molar refractivity (Wildman–Crippen MR) is 88.5 cm³/mol. The van der Waals surface area contributed by atoms with Crippen LogP contribution in [0.2, 0.25) is 0 Å². The molecule has 2 rings (SSSR count). The molecule has 0 saturated heterocycles. The molecular formula is C15H15N3O5S. The van der Waals surface area contributed by atoms with Gasteiger partial charge in [0.2, 0.25) is 0 Å². The van der Waals surface area contributed by atoms with Gasteiger partial charge < -0.3 is 14.8 Å². The maximum atomic E-state index is 11.9. The van der Waals surface area contributed by atoms with Crippen molar-refractivity contribution in [2.24, 2.45) is 0 Å². The number of ether oxygens (including phenoxy) is 2. The van der Waals surface area contributed by atoms with Crippen LogP contribution in [-0.2, 0) is 9.47 Å². The molecule has 0 atom stereocenters. The lowest BCUT2D eigenvalue weighted by molar-refractivity contribution is 0.0525. The van der Waals surface area contributed by atoms with Crippen LogP contribution in [-0.4, -0.2) is 36.7 Å². The second kappa shape index (κ2) is 8.06. The van der Waals surface area contributed by atoms with Gasteiger partial charge in [0.25, 0.3) is 0 Å². The summed E-state index contributed by atoms with van der Waals surface area (Å²) in [7, 11) is 1.27. The lowest BCUT2D eigenvalue weighted by atomic mass is 10.2. The largest absolute Gasteiger partial charge is 0.465 e. The maximum absolute atomic E-state index is 11.9. The Kier molecular flexibility index (Phi) is 5.85. The predicted octanol–water partition coefficient (Wildman–Crippen LogP) is 2.75. The Balaban J connectivity index is 1.93. The molecule has 0 aliphatic heterocycles. The van der Waals surface area contributed by atoms with Gasteiger partial charge in [-0.1, -0.05) is 11.3 Å². The normalized spacial score (nSPS) is 9.92. The van der Waals surface area contributed by atoms with Crippen LogP contribution in [0.3, 0.4) is 0 Å². The molecule has 2 aromatic rings. The van der Waals surface area contributed by atoms with Gasteiger partial charge in [-0.25, -0.2) is 19.4 Å². The first-order valence-corrected chi connectivity index (χ1v) is 7.74. The summed E-state index contributed by atoms with van der Waals surface area (Å²) in [6.45, 7) is 2.02. The third kappa shape index (κ3) is 4.53. The molecule has 0 spiro atoms. The molecule has 0 saturated carbocycles. The fourth-order valence-electron chi connectivity index (χ4n) is 1.69. The van der Waals surface area contributed by atoms with E-state index in [-0.39, 0.29) is 10.0 Å². The Morgan fingerprint density at radius 3 is 2.46 bits per heavy atom. The van der Waals surface area contributed by atoms with Crippen molar-refractivity contribution in [2.75, 3.05) is 24.4 Å². The number of carbonyl (C=O) groups excluding carboxylic acids is 3. The quantitative estimate of drug-likeness (QED) is 0.804. The first-order valence-electron chi connectivity index (χ1n) is 6.92. The van der Waals surface area contributed by atoms with Gasteiger partial charge in [-0.2, -0.15) is 0 Å². The number of methoxy groups -OCH3 is 1. The third-order valence-electron chi connectivity index (χ3n) is 2.77. The highest BCUT2D eigenvalue weighted by molar-refractivity contribution is 7.17. The smallest absolute Gasteiger partial charge is 0.349 e. The van der Waals surface area contributed by atoms with Crippen LogP contribution in [0.5, 0.6) is 0 Å². The van der Waals surface area contributed by atoms with Crippen LogP contribution >= 0.6 is 11.3 Å². The van der Waals surface area contributed by atoms with Gasteiger partial charge in [0.15, 0.2) is 5.13 Å². The van der Waals surface area contributed by atoms with Crippen molar-refractivity contribution >= 4 is 40.1 Å². The number of nitrogens with zero attached hydrogens (tertiary/aromatic N) is 1. The van der Waals surface area contributed by atoms with Crippen LogP contribution in [0.4, 0.5) is 15.6 Å². The van der Waals surface area contributed by atoms with Crippen molar-refractivity contribution in [2.45, 2.75) is 6.92 Å². The van der Waals surface area contributed by atoms with Crippen molar-refractivity contribution in [3.8, 4) is 0 Å². The summed E-state index contributed by atoms with van der Waals surface area (Å²) in [6, 6.07) is 5.73. The Morgan fingerprint density at radius 2 is 1.83 bits per heavy atom. The zero-order valence-corrected chi connectivity index (χ0v) is 13.8. The SMILES string of the molecule is CCOC(=O)c1ccc(NC(=O)Nc2ncc(C(=O)OC)s2)cc1. The van der Waals surface area contributed by atoms with Crippen molar-refractivity contribution < 1.29 is 23.9 Å². The zero-order chi connectivity index (χ0) is 17.5. The number of aromatic nitrogens is 1. The monoisotopic (exact) mass is 349 g/mol. The molecule has 0 bridgehead atoms. The minimum atomic E-state index is -0.523. The number of rotatable bonds is 5. The van der Waals surface area contributed by atoms with Crippen molar-refractivity contribution in [3.05, 3.63) is 40.9 Å². The van der Waals surface area contributed by atoms with Crippen molar-refractivity contribution in [3.63, 3.8) is 0 Å². The summed E-state index contributed by atoms with van der Waals surface area (Å²) in [6.07, 6.45) is 1.32. The number of benzene rings is 1. The molecule has 8 nitrogen and oxygen atoms in total. The Bertz CT molecular complexity index is 742. The number of thiazole rings is 1. The van der Waals surface area contributed by atoms with Crippen molar-refractivity contribution in [1.29, 1.82) is 0 Å².